The molecule has 0 unspecified atom stereocenters. The molecule has 0 fully saturated rings. The molecule has 0 aliphatic heterocycles. The van der Waals surface area contributed by atoms with Crippen molar-refractivity contribution in [3.63, 3.8) is 0 Å². The molecule has 0 aliphatic carbocycles. The Morgan fingerprint density at radius 3 is 1.14 bits per heavy atom. The van der Waals surface area contributed by atoms with E-state index in [4.69, 9.17) is 10.2 Å². The van der Waals surface area contributed by atoms with Crippen molar-refractivity contribution in [2.75, 3.05) is 0 Å². The molecule has 0 aromatic carbocycles. The van der Waals surface area contributed by atoms with Crippen LogP contribution in [0.1, 0.15) is 0 Å². The third-order valence-corrected chi connectivity index (χ3v) is 0. The van der Waals surface area contributed by atoms with Crippen LogP contribution in [0.3, 0.4) is 0 Å². The van der Waals surface area contributed by atoms with Gasteiger partial charge in [-0.05, 0) is 0 Å². The topological polar surface area (TPSA) is 40.5 Å². The standard InChI is InChI=1S/C2H5O2.2ClH.Ti/c1-2(3)4;;;/h2-4H,1H2;2*1H;/q-1;;;+3/p-2. The molecule has 0 aliphatic rings. The minimum atomic E-state index is -1.42. The second kappa shape index (κ2) is 15.7. The molecule has 7 heavy (non-hydrogen) atoms. The molecule has 0 saturated carbocycles. The molecular formula is C2H5Cl2O2Ti. The quantitative estimate of drug-likeness (QED) is 0.221. The van der Waals surface area contributed by atoms with Gasteiger partial charge in [-0.2, -0.15) is 0 Å². The van der Waals surface area contributed by atoms with E-state index in [0.29, 0.717) is 0 Å². The molecule has 2 N–H and O–H groups in total. The van der Waals surface area contributed by atoms with Crippen LogP contribution in [0.2, 0.25) is 0 Å². The zero-order valence-electron chi connectivity index (χ0n) is 3.43. The van der Waals surface area contributed by atoms with Crippen molar-refractivity contribution in [3.8, 4) is 0 Å². The minimum Gasteiger partial charge on any atom is -1.00 e. The molecule has 2 nitrogen and oxygen atoms in total. The number of halogens is 2. The Morgan fingerprint density at radius 1 is 1.14 bits per heavy atom. The van der Waals surface area contributed by atoms with E-state index < -0.39 is 6.29 Å². The van der Waals surface area contributed by atoms with Gasteiger partial charge in [-0.1, -0.05) is 0 Å². The van der Waals surface area contributed by atoms with Gasteiger partial charge in [0.1, 0.15) is 0 Å². The summed E-state index contributed by atoms with van der Waals surface area (Å²) in [6.45, 7) is 2.75. The number of aliphatic hydroxyl groups excluding tert-OH is 1. The fraction of sp³-hybridized carbons (Fsp3) is 0.500. The minimum absolute atomic E-state index is 0. The Labute approximate surface area is 70.0 Å². The van der Waals surface area contributed by atoms with Gasteiger partial charge in [0.2, 0.25) is 0 Å². The summed E-state index contributed by atoms with van der Waals surface area (Å²) in [4.78, 5) is 0. The van der Waals surface area contributed by atoms with E-state index >= 15 is 0 Å². The van der Waals surface area contributed by atoms with Crippen molar-refractivity contribution in [1.29, 1.82) is 0 Å². The van der Waals surface area contributed by atoms with Crippen LogP contribution in [0.25, 0.3) is 0 Å². The number of aliphatic hydroxyl groups is 2. The fourth-order valence-corrected chi connectivity index (χ4v) is 0. The molecule has 0 saturated heterocycles. The molecule has 0 heterocycles. The van der Waals surface area contributed by atoms with Crippen LogP contribution in [0, 0.1) is 6.92 Å². The van der Waals surface area contributed by atoms with Crippen LogP contribution < -0.4 is 24.8 Å². The first kappa shape index (κ1) is 24.1. The summed E-state index contributed by atoms with van der Waals surface area (Å²) in [5, 5.41) is 15.0. The van der Waals surface area contributed by atoms with Crippen LogP contribution in [0.5, 0.6) is 0 Å². The molecule has 0 aromatic rings. The maximum atomic E-state index is 7.50. The second-order valence-electron chi connectivity index (χ2n) is 0.481. The molecule has 1 radical (unpaired) electrons. The summed E-state index contributed by atoms with van der Waals surface area (Å²) in [5.41, 5.74) is 0. The zero-order chi connectivity index (χ0) is 3.58. The summed E-state index contributed by atoms with van der Waals surface area (Å²) < 4.78 is 0. The van der Waals surface area contributed by atoms with E-state index in [9.17, 15) is 0 Å². The molecule has 0 atom stereocenters. The van der Waals surface area contributed by atoms with E-state index in [1.807, 2.05) is 0 Å². The van der Waals surface area contributed by atoms with E-state index in [1.165, 1.54) is 0 Å². The summed E-state index contributed by atoms with van der Waals surface area (Å²) in [5.74, 6) is 0. The summed E-state index contributed by atoms with van der Waals surface area (Å²) in [6, 6.07) is 0. The molecule has 0 bridgehead atoms. The van der Waals surface area contributed by atoms with E-state index in [0.717, 1.165) is 0 Å². The van der Waals surface area contributed by atoms with Crippen molar-refractivity contribution < 1.29 is 56.7 Å². The zero-order valence-corrected chi connectivity index (χ0v) is 6.51. The van der Waals surface area contributed by atoms with Crippen molar-refractivity contribution in [3.05, 3.63) is 6.92 Å². The van der Waals surface area contributed by atoms with E-state index in [1.54, 1.807) is 0 Å². The van der Waals surface area contributed by atoms with Crippen molar-refractivity contribution in [2.24, 2.45) is 0 Å². The second-order valence-corrected chi connectivity index (χ2v) is 0.481. The van der Waals surface area contributed by atoms with Crippen molar-refractivity contribution in [1.82, 2.24) is 0 Å². The maximum absolute atomic E-state index is 7.50. The monoisotopic (exact) mass is 179 g/mol. The van der Waals surface area contributed by atoms with Gasteiger partial charge in [0.25, 0.3) is 0 Å². The Kier molecular flexibility index (Phi) is 53.9. The average Bonchev–Trinajstić information content (AvgIpc) is 0.811. The van der Waals surface area contributed by atoms with Gasteiger partial charge in [0.05, 0.1) is 0 Å². The number of hydrogen-bond donors (Lipinski definition) is 2. The third kappa shape index (κ3) is 133. The maximum Gasteiger partial charge on any atom is 3.00 e. The fourth-order valence-electron chi connectivity index (χ4n) is 0. The van der Waals surface area contributed by atoms with E-state index in [2.05, 4.69) is 6.92 Å². The number of rotatable bonds is 0. The third-order valence-electron chi connectivity index (χ3n) is 0. The van der Waals surface area contributed by atoms with E-state index in [-0.39, 0.29) is 46.5 Å². The van der Waals surface area contributed by atoms with Crippen LogP contribution in [0.4, 0.5) is 0 Å². The molecule has 43 valence electrons. The Balaban J connectivity index is -0.0000000150. The molecule has 5 heteroatoms. The van der Waals surface area contributed by atoms with Gasteiger partial charge < -0.3 is 35.0 Å². The largest absolute Gasteiger partial charge is 3.00 e. The smallest absolute Gasteiger partial charge is 1.00 e. The first-order chi connectivity index (χ1) is 1.73. The Hall–Kier alpha value is 1.21. The molecule has 0 spiro atoms. The Morgan fingerprint density at radius 2 is 1.14 bits per heavy atom. The van der Waals surface area contributed by atoms with Gasteiger partial charge >= 0.3 is 21.7 Å². The molecule has 0 rings (SSSR count). The SMILES string of the molecule is [CH2-]C(O)O.[Cl-].[Cl-].[Ti+3]. The summed E-state index contributed by atoms with van der Waals surface area (Å²) >= 11 is 0. The van der Waals surface area contributed by atoms with Gasteiger partial charge in [0.15, 0.2) is 0 Å². The average molecular weight is 180 g/mol. The van der Waals surface area contributed by atoms with Gasteiger partial charge in [-0.25, -0.2) is 0 Å². The van der Waals surface area contributed by atoms with Gasteiger partial charge in [-0.3, -0.25) is 6.92 Å². The first-order valence-corrected chi connectivity index (χ1v) is 0.925. The van der Waals surface area contributed by atoms with Crippen LogP contribution in [0.15, 0.2) is 0 Å². The van der Waals surface area contributed by atoms with Crippen LogP contribution in [-0.4, -0.2) is 16.5 Å². The van der Waals surface area contributed by atoms with Crippen molar-refractivity contribution >= 4 is 0 Å². The van der Waals surface area contributed by atoms with Crippen molar-refractivity contribution in [2.45, 2.75) is 6.29 Å². The summed E-state index contributed by atoms with van der Waals surface area (Å²) in [6.07, 6.45) is -1.42. The van der Waals surface area contributed by atoms with Crippen LogP contribution >= 0.6 is 0 Å². The first-order valence-electron chi connectivity index (χ1n) is 0.925. The summed E-state index contributed by atoms with van der Waals surface area (Å²) in [7, 11) is 0. The predicted octanol–water partition coefficient (Wildman–Crippen LogP) is -6.86. The normalized spacial score (nSPS) is 5.14. The molecule has 0 aromatic heterocycles. The predicted molar refractivity (Wildman–Crippen MR) is 13.6 cm³/mol. The number of hydrogen-bond acceptors (Lipinski definition) is 2. The molecule has 0 amide bonds. The van der Waals surface area contributed by atoms with Gasteiger partial charge in [-0.15, -0.1) is 0 Å². The molecular weight excluding hydrogens is 175 g/mol. The Bertz CT molecular complexity index is 18.4. The van der Waals surface area contributed by atoms with Crippen LogP contribution in [-0.2, 0) is 21.7 Å². The van der Waals surface area contributed by atoms with Gasteiger partial charge in [0, 0.05) is 6.29 Å².